The fourth-order valence-corrected chi connectivity index (χ4v) is 8.00. The minimum atomic E-state index is -0.904. The molecule has 0 spiro atoms. The Bertz CT molecular complexity index is 2060. The standard InChI is InChI=1S/C16H23BO3.C10H13BrO2.C10H11BrO.C8H5BrO2/c1-14(2)13-8-7-12(9-11(13)10-18-14)17-19-15(3,4)16(5,6)20-17;1-10(2,13)9-4-3-8(11)5-7(9)6-12;1-10(2)9-4-3-8(11)5-7(9)6-12-10;9-6-1-2-7-5(3-6)4-11-8(7)10/h7-9H,10H2,1-6H3;3-5,12-13H,6H2,1-2H3;3-5H,6H2,1-2H3;1-3H,4H2. The lowest BCUT2D eigenvalue weighted by molar-refractivity contribution is -0.00811. The molecule has 4 aliphatic heterocycles. The lowest BCUT2D eigenvalue weighted by Gasteiger charge is -2.32. The number of rotatable bonds is 3. The van der Waals surface area contributed by atoms with Crippen LogP contribution in [0.1, 0.15) is 119 Å². The molecule has 4 aromatic rings. The van der Waals surface area contributed by atoms with Crippen LogP contribution in [0.25, 0.3) is 0 Å². The lowest BCUT2D eigenvalue weighted by atomic mass is 9.77. The SMILES string of the molecule is CC(C)(O)c1ccc(Br)cc1CO.CC1(C)OCc2cc(B3OC(C)(C)C(C)(C)O3)ccc21.CC1(C)OCc2cc(Br)ccc21.O=C1OCc2cc(Br)ccc21. The number of aliphatic hydroxyl groups is 2. The molecular weight excluding hydrogens is 907 g/mol. The zero-order chi connectivity index (χ0) is 41.4. The van der Waals surface area contributed by atoms with Gasteiger partial charge in [-0.2, -0.15) is 0 Å². The van der Waals surface area contributed by atoms with E-state index in [-0.39, 0.29) is 42.1 Å². The number of halogens is 3. The van der Waals surface area contributed by atoms with Crippen LogP contribution in [0.5, 0.6) is 0 Å². The van der Waals surface area contributed by atoms with Crippen LogP contribution in [0.15, 0.2) is 86.2 Å². The van der Waals surface area contributed by atoms with Crippen molar-refractivity contribution in [1.82, 2.24) is 0 Å². The van der Waals surface area contributed by atoms with Gasteiger partial charge in [0.15, 0.2) is 0 Å². The van der Waals surface area contributed by atoms with Crippen LogP contribution in [-0.2, 0) is 66.7 Å². The third kappa shape index (κ3) is 10.2. The molecule has 0 atom stereocenters. The van der Waals surface area contributed by atoms with Gasteiger partial charge in [-0.1, -0.05) is 78.1 Å². The molecule has 56 heavy (non-hydrogen) atoms. The number of carbonyl (C=O) groups excluding carboxylic acids is 1. The van der Waals surface area contributed by atoms with Gasteiger partial charge in [0.1, 0.15) is 6.61 Å². The van der Waals surface area contributed by atoms with E-state index in [1.807, 2.05) is 30.3 Å². The molecule has 1 saturated heterocycles. The monoisotopic (exact) mass is 956 g/mol. The Morgan fingerprint density at radius 2 is 1.14 bits per heavy atom. The second-order valence-corrected chi connectivity index (χ2v) is 19.5. The number of cyclic esters (lactones) is 1. The van der Waals surface area contributed by atoms with Crippen molar-refractivity contribution in [2.75, 3.05) is 0 Å². The Hall–Kier alpha value is -2.39. The number of hydrogen-bond donors (Lipinski definition) is 2. The highest BCUT2D eigenvalue weighted by Gasteiger charge is 2.52. The first-order valence-electron chi connectivity index (χ1n) is 18.6. The fourth-order valence-electron chi connectivity index (χ4n) is 6.78. The van der Waals surface area contributed by atoms with Gasteiger partial charge in [-0.05, 0) is 151 Å². The Balaban J connectivity index is 0.000000148. The Morgan fingerprint density at radius 3 is 1.70 bits per heavy atom. The number of ether oxygens (including phenoxy) is 3. The average Bonchev–Trinajstić information content (AvgIpc) is 3.79. The summed E-state index contributed by atoms with van der Waals surface area (Å²) in [6, 6.07) is 23.7. The highest BCUT2D eigenvalue weighted by molar-refractivity contribution is 9.11. The van der Waals surface area contributed by atoms with Crippen LogP contribution >= 0.6 is 47.8 Å². The van der Waals surface area contributed by atoms with E-state index < -0.39 is 5.60 Å². The first-order chi connectivity index (χ1) is 25.9. The zero-order valence-corrected chi connectivity index (χ0v) is 38.6. The molecule has 8 nitrogen and oxygen atoms in total. The normalized spacial score (nSPS) is 18.9. The summed E-state index contributed by atoms with van der Waals surface area (Å²) >= 11 is 10.1. The van der Waals surface area contributed by atoms with E-state index in [0.29, 0.717) is 18.8 Å². The smallest absolute Gasteiger partial charge is 0.457 e. The second kappa shape index (κ2) is 17.1. The third-order valence-electron chi connectivity index (χ3n) is 10.7. The molecule has 0 radical (unpaired) electrons. The molecule has 0 aromatic heterocycles. The van der Waals surface area contributed by atoms with Crippen molar-refractivity contribution in [1.29, 1.82) is 0 Å². The number of esters is 1. The summed E-state index contributed by atoms with van der Waals surface area (Å²) < 4.78 is 31.5. The van der Waals surface area contributed by atoms with Gasteiger partial charge in [0.05, 0.1) is 53.4 Å². The van der Waals surface area contributed by atoms with Crippen molar-refractivity contribution >= 4 is 66.3 Å². The minimum absolute atomic E-state index is 0.0568. The fraction of sp³-hybridized carbons (Fsp3) is 0.432. The molecule has 0 saturated carbocycles. The molecular formula is C44H52BBr3O8. The number of carbonyl (C=O) groups is 1. The maximum atomic E-state index is 10.9. The van der Waals surface area contributed by atoms with Gasteiger partial charge in [0.2, 0.25) is 0 Å². The zero-order valence-electron chi connectivity index (χ0n) is 33.8. The summed E-state index contributed by atoms with van der Waals surface area (Å²) in [5, 5.41) is 18.8. The summed E-state index contributed by atoms with van der Waals surface area (Å²) in [4.78, 5) is 10.9. The maximum absolute atomic E-state index is 10.9. The van der Waals surface area contributed by atoms with Crippen molar-refractivity contribution in [3.63, 3.8) is 0 Å². The van der Waals surface area contributed by atoms with Crippen molar-refractivity contribution in [3.8, 4) is 0 Å². The number of benzene rings is 4. The quantitative estimate of drug-likeness (QED) is 0.155. The predicted molar refractivity (Wildman–Crippen MR) is 231 cm³/mol. The summed E-state index contributed by atoms with van der Waals surface area (Å²) in [6.07, 6.45) is 0. The highest BCUT2D eigenvalue weighted by atomic mass is 79.9. The van der Waals surface area contributed by atoms with Crippen molar-refractivity contribution in [3.05, 3.63) is 131 Å². The molecule has 12 heteroatoms. The van der Waals surface area contributed by atoms with E-state index in [1.54, 1.807) is 19.9 Å². The van der Waals surface area contributed by atoms with Gasteiger partial charge in [0.25, 0.3) is 0 Å². The number of fused-ring (bicyclic) bond motifs is 3. The van der Waals surface area contributed by atoms with E-state index in [4.69, 9.17) is 28.6 Å². The molecule has 4 aromatic carbocycles. The van der Waals surface area contributed by atoms with Crippen molar-refractivity contribution in [2.24, 2.45) is 0 Å². The number of hydrogen-bond acceptors (Lipinski definition) is 8. The van der Waals surface area contributed by atoms with Crippen LogP contribution in [0.2, 0.25) is 0 Å². The predicted octanol–water partition coefficient (Wildman–Crippen LogP) is 10.3. The summed E-state index contributed by atoms with van der Waals surface area (Å²) in [7, 11) is -0.297. The first kappa shape index (κ1) is 44.7. The Labute approximate surface area is 357 Å². The molecule has 0 amide bonds. The molecule has 4 heterocycles. The van der Waals surface area contributed by atoms with E-state index in [0.717, 1.165) is 42.2 Å². The molecule has 4 aliphatic rings. The summed E-state index contributed by atoms with van der Waals surface area (Å²) in [6.45, 7) is 21.9. The average molecular weight is 959 g/mol. The lowest BCUT2D eigenvalue weighted by Crippen LogP contribution is -2.41. The van der Waals surface area contributed by atoms with Gasteiger partial charge in [-0.15, -0.1) is 0 Å². The Morgan fingerprint density at radius 1 is 0.661 bits per heavy atom. The van der Waals surface area contributed by atoms with Crippen LogP contribution in [0.3, 0.4) is 0 Å². The number of aliphatic hydroxyl groups excluding tert-OH is 1. The minimum Gasteiger partial charge on any atom is -0.457 e. The van der Waals surface area contributed by atoms with Crippen LogP contribution in [0, 0.1) is 0 Å². The van der Waals surface area contributed by atoms with Crippen LogP contribution in [-0.4, -0.2) is 34.5 Å². The molecule has 0 bridgehead atoms. The van der Waals surface area contributed by atoms with E-state index in [9.17, 15) is 9.90 Å². The molecule has 8 rings (SSSR count). The van der Waals surface area contributed by atoms with Gasteiger partial charge in [-0.25, -0.2) is 4.79 Å². The van der Waals surface area contributed by atoms with Crippen LogP contribution in [0.4, 0.5) is 0 Å². The largest absolute Gasteiger partial charge is 0.494 e. The van der Waals surface area contributed by atoms with Gasteiger partial charge >= 0.3 is 13.1 Å². The molecule has 0 aliphatic carbocycles. The molecule has 2 N–H and O–H groups in total. The van der Waals surface area contributed by atoms with E-state index in [2.05, 4.69) is 140 Å². The third-order valence-corrected chi connectivity index (χ3v) is 12.2. The van der Waals surface area contributed by atoms with Gasteiger partial charge < -0.3 is 33.7 Å². The first-order valence-corrected chi connectivity index (χ1v) is 21.0. The van der Waals surface area contributed by atoms with Crippen LogP contribution < -0.4 is 5.46 Å². The van der Waals surface area contributed by atoms with Gasteiger partial charge in [0, 0.05) is 19.0 Å². The summed E-state index contributed by atoms with van der Waals surface area (Å²) in [5.74, 6) is -0.215. The molecule has 0 unspecified atom stereocenters. The molecule has 300 valence electrons. The van der Waals surface area contributed by atoms with Gasteiger partial charge in [-0.3, -0.25) is 0 Å². The second-order valence-electron chi connectivity index (χ2n) is 16.8. The van der Waals surface area contributed by atoms with Crippen molar-refractivity contribution in [2.45, 2.75) is 124 Å². The van der Waals surface area contributed by atoms with E-state index >= 15 is 0 Å². The van der Waals surface area contributed by atoms with Crippen molar-refractivity contribution < 1.29 is 38.5 Å². The maximum Gasteiger partial charge on any atom is 0.494 e. The molecule has 1 fully saturated rings. The highest BCUT2D eigenvalue weighted by Crippen LogP contribution is 2.39. The topological polar surface area (TPSA) is 104 Å². The Kier molecular flexibility index (Phi) is 13.6. The van der Waals surface area contributed by atoms with E-state index in [1.165, 1.54) is 22.3 Å². The summed E-state index contributed by atoms with van der Waals surface area (Å²) in [5.41, 5.74) is 7.55.